The highest BCUT2D eigenvalue weighted by Crippen LogP contribution is 2.36. The Kier molecular flexibility index (Phi) is 3.33. The van der Waals surface area contributed by atoms with E-state index in [0.29, 0.717) is 24.5 Å². The lowest BCUT2D eigenvalue weighted by Crippen LogP contribution is -2.46. The molecule has 0 aromatic heterocycles. The number of methoxy groups -OCH3 is 1. The summed E-state index contributed by atoms with van der Waals surface area (Å²) < 4.78 is 29.6. The van der Waals surface area contributed by atoms with Gasteiger partial charge in [-0.15, -0.1) is 0 Å². The van der Waals surface area contributed by atoms with Crippen LogP contribution in [-0.2, 0) is 15.3 Å². The van der Waals surface area contributed by atoms with Gasteiger partial charge in [0.15, 0.2) is 5.79 Å². The van der Waals surface area contributed by atoms with Crippen LogP contribution in [0.4, 0.5) is 4.39 Å². The largest absolute Gasteiger partial charge is 0.496 e. The Morgan fingerprint density at radius 3 is 2.65 bits per heavy atom. The lowest BCUT2D eigenvalue weighted by molar-refractivity contribution is -0.270. The molecular weight excluding hydrogens is 225 g/mol. The molecule has 1 aliphatic heterocycles. The fourth-order valence-electron chi connectivity index (χ4n) is 1.81. The van der Waals surface area contributed by atoms with E-state index in [1.54, 1.807) is 13.0 Å². The van der Waals surface area contributed by atoms with E-state index in [2.05, 4.69) is 0 Å². The van der Waals surface area contributed by atoms with Crippen LogP contribution in [0.1, 0.15) is 12.5 Å². The summed E-state index contributed by atoms with van der Waals surface area (Å²) in [5.74, 6) is -0.836. The lowest BCUT2D eigenvalue weighted by Gasteiger charge is -2.37. The van der Waals surface area contributed by atoms with Gasteiger partial charge in [0.2, 0.25) is 0 Å². The van der Waals surface area contributed by atoms with Crippen molar-refractivity contribution in [1.82, 2.24) is 0 Å². The zero-order valence-corrected chi connectivity index (χ0v) is 9.90. The molecule has 0 bridgehead atoms. The van der Waals surface area contributed by atoms with Gasteiger partial charge in [-0.2, -0.15) is 0 Å². The maximum atomic E-state index is 13.3. The zero-order valence-electron chi connectivity index (χ0n) is 9.90. The molecule has 1 saturated heterocycles. The summed E-state index contributed by atoms with van der Waals surface area (Å²) >= 11 is 0. The van der Waals surface area contributed by atoms with E-state index in [-0.39, 0.29) is 11.9 Å². The Morgan fingerprint density at radius 1 is 1.41 bits per heavy atom. The third-order valence-electron chi connectivity index (χ3n) is 2.80. The first-order valence-corrected chi connectivity index (χ1v) is 5.42. The van der Waals surface area contributed by atoms with Crippen LogP contribution < -0.4 is 10.5 Å². The molecular formula is C12H16FNO3. The summed E-state index contributed by atoms with van der Waals surface area (Å²) in [5, 5.41) is 0. The van der Waals surface area contributed by atoms with E-state index < -0.39 is 5.79 Å². The summed E-state index contributed by atoms with van der Waals surface area (Å²) in [5.41, 5.74) is 6.21. The van der Waals surface area contributed by atoms with Crippen molar-refractivity contribution >= 4 is 0 Å². The van der Waals surface area contributed by atoms with E-state index in [4.69, 9.17) is 19.9 Å². The SMILES string of the molecule is COc1ccc(F)cc1C1(C)OCC(N)CO1. The molecule has 1 fully saturated rings. The van der Waals surface area contributed by atoms with Crippen LogP contribution in [0.2, 0.25) is 0 Å². The van der Waals surface area contributed by atoms with Gasteiger partial charge in [0, 0.05) is 0 Å². The van der Waals surface area contributed by atoms with Gasteiger partial charge in [0.25, 0.3) is 0 Å². The highest BCUT2D eigenvalue weighted by molar-refractivity contribution is 5.37. The normalized spacial score (nSPS) is 29.1. The third kappa shape index (κ3) is 2.41. The molecule has 5 heteroatoms. The lowest BCUT2D eigenvalue weighted by atomic mass is 10.0. The van der Waals surface area contributed by atoms with Crippen molar-refractivity contribution in [3.8, 4) is 5.75 Å². The standard InChI is InChI=1S/C12H16FNO3/c1-12(16-6-9(14)7-17-12)10-5-8(13)3-4-11(10)15-2/h3-5,9H,6-7,14H2,1-2H3. The highest BCUT2D eigenvalue weighted by Gasteiger charge is 2.36. The maximum absolute atomic E-state index is 13.3. The molecule has 2 rings (SSSR count). The predicted molar refractivity (Wildman–Crippen MR) is 60.2 cm³/mol. The van der Waals surface area contributed by atoms with Crippen molar-refractivity contribution in [3.05, 3.63) is 29.6 Å². The Hall–Kier alpha value is -1.17. The van der Waals surface area contributed by atoms with Crippen molar-refractivity contribution in [2.75, 3.05) is 20.3 Å². The third-order valence-corrected chi connectivity index (χ3v) is 2.80. The molecule has 94 valence electrons. The van der Waals surface area contributed by atoms with Crippen LogP contribution in [0, 0.1) is 5.82 Å². The van der Waals surface area contributed by atoms with Crippen LogP contribution in [-0.4, -0.2) is 26.4 Å². The van der Waals surface area contributed by atoms with Gasteiger partial charge in [0.1, 0.15) is 11.6 Å². The van der Waals surface area contributed by atoms with Gasteiger partial charge in [-0.3, -0.25) is 0 Å². The average molecular weight is 241 g/mol. The minimum Gasteiger partial charge on any atom is -0.496 e. The summed E-state index contributed by atoms with van der Waals surface area (Å²) in [7, 11) is 1.52. The van der Waals surface area contributed by atoms with Gasteiger partial charge in [0.05, 0.1) is 31.9 Å². The van der Waals surface area contributed by atoms with E-state index >= 15 is 0 Å². The number of benzene rings is 1. The first-order valence-electron chi connectivity index (χ1n) is 5.42. The highest BCUT2D eigenvalue weighted by atomic mass is 19.1. The molecule has 17 heavy (non-hydrogen) atoms. The van der Waals surface area contributed by atoms with Gasteiger partial charge in [-0.05, 0) is 25.1 Å². The van der Waals surface area contributed by atoms with Gasteiger partial charge >= 0.3 is 0 Å². The molecule has 1 aliphatic rings. The summed E-state index contributed by atoms with van der Waals surface area (Å²) in [6, 6.07) is 4.09. The molecule has 0 saturated carbocycles. The fourth-order valence-corrected chi connectivity index (χ4v) is 1.81. The first kappa shape index (κ1) is 12.3. The summed E-state index contributed by atoms with van der Waals surface area (Å²) in [4.78, 5) is 0. The predicted octanol–water partition coefficient (Wildman–Crippen LogP) is 1.38. The topological polar surface area (TPSA) is 53.7 Å². The quantitative estimate of drug-likeness (QED) is 0.850. The minimum atomic E-state index is -1.01. The van der Waals surface area contributed by atoms with E-state index in [1.807, 2.05) is 0 Å². The van der Waals surface area contributed by atoms with Crippen molar-refractivity contribution in [1.29, 1.82) is 0 Å². The second-order valence-corrected chi connectivity index (χ2v) is 4.17. The van der Waals surface area contributed by atoms with Crippen LogP contribution in [0.3, 0.4) is 0 Å². The molecule has 0 spiro atoms. The molecule has 0 amide bonds. The molecule has 0 aliphatic carbocycles. The van der Waals surface area contributed by atoms with E-state index in [1.165, 1.54) is 19.2 Å². The number of hydrogen-bond acceptors (Lipinski definition) is 4. The van der Waals surface area contributed by atoms with Crippen LogP contribution in [0.25, 0.3) is 0 Å². The van der Waals surface area contributed by atoms with Crippen LogP contribution >= 0.6 is 0 Å². The minimum absolute atomic E-state index is 0.150. The maximum Gasteiger partial charge on any atom is 0.195 e. The molecule has 0 radical (unpaired) electrons. The Labute approximate surface area is 99.5 Å². The number of rotatable bonds is 2. The van der Waals surface area contributed by atoms with Crippen molar-refractivity contribution in [2.24, 2.45) is 5.73 Å². The van der Waals surface area contributed by atoms with Crippen molar-refractivity contribution < 1.29 is 18.6 Å². The molecule has 2 N–H and O–H groups in total. The van der Waals surface area contributed by atoms with Gasteiger partial charge in [-0.25, -0.2) is 4.39 Å². The fraction of sp³-hybridized carbons (Fsp3) is 0.500. The van der Waals surface area contributed by atoms with Crippen LogP contribution in [0.5, 0.6) is 5.75 Å². The average Bonchev–Trinajstić information content (AvgIpc) is 2.33. The molecule has 1 aromatic rings. The summed E-state index contributed by atoms with van der Waals surface area (Å²) in [6.07, 6.45) is 0. The van der Waals surface area contributed by atoms with Crippen LogP contribution in [0.15, 0.2) is 18.2 Å². The Morgan fingerprint density at radius 2 is 2.06 bits per heavy atom. The monoisotopic (exact) mass is 241 g/mol. The second-order valence-electron chi connectivity index (χ2n) is 4.17. The molecule has 4 nitrogen and oxygen atoms in total. The summed E-state index contributed by atoms with van der Waals surface area (Å²) in [6.45, 7) is 2.47. The number of ether oxygens (including phenoxy) is 3. The first-order chi connectivity index (χ1) is 8.05. The molecule has 1 heterocycles. The zero-order chi connectivity index (χ0) is 12.5. The van der Waals surface area contributed by atoms with Gasteiger partial charge in [-0.1, -0.05) is 0 Å². The number of nitrogens with two attached hydrogens (primary N) is 1. The molecule has 0 atom stereocenters. The smallest absolute Gasteiger partial charge is 0.195 e. The second kappa shape index (κ2) is 4.60. The number of hydrogen-bond donors (Lipinski definition) is 1. The molecule has 1 aromatic carbocycles. The van der Waals surface area contributed by atoms with E-state index in [0.717, 1.165) is 0 Å². The Bertz CT molecular complexity index is 403. The van der Waals surface area contributed by atoms with Gasteiger partial charge < -0.3 is 19.9 Å². The van der Waals surface area contributed by atoms with Crippen molar-refractivity contribution in [2.45, 2.75) is 18.8 Å². The number of halogens is 1. The van der Waals surface area contributed by atoms with Crippen molar-refractivity contribution in [3.63, 3.8) is 0 Å². The van der Waals surface area contributed by atoms with E-state index in [9.17, 15) is 4.39 Å². The molecule has 0 unspecified atom stereocenters. The Balaban J connectivity index is 2.34.